The molecule has 3 nitrogen and oxygen atoms in total. The van der Waals surface area contributed by atoms with Gasteiger partial charge in [0.25, 0.3) is 0 Å². The standard InChI is InChI=1S/C14H20N2OS/c1-17-14(8-4-5-9-14)13-15-11-7-3-2-6-10(11)12(18)16-13/h2-9H2,1H3,(H,15,16,18). The van der Waals surface area contributed by atoms with Crippen LogP contribution in [-0.2, 0) is 23.2 Å². The molecule has 0 amide bonds. The van der Waals surface area contributed by atoms with E-state index < -0.39 is 0 Å². The van der Waals surface area contributed by atoms with E-state index in [0.717, 1.165) is 36.1 Å². The number of H-pyrrole nitrogens is 1. The molecule has 1 aromatic heterocycles. The van der Waals surface area contributed by atoms with Gasteiger partial charge < -0.3 is 9.72 Å². The number of aromatic nitrogens is 2. The minimum Gasteiger partial charge on any atom is -0.370 e. The Morgan fingerprint density at radius 1 is 1.17 bits per heavy atom. The average Bonchev–Trinajstić information content (AvgIpc) is 2.89. The van der Waals surface area contributed by atoms with Crippen molar-refractivity contribution in [2.24, 2.45) is 0 Å². The number of hydrogen-bond donors (Lipinski definition) is 1. The molecule has 0 spiro atoms. The minimum atomic E-state index is -0.208. The first kappa shape index (κ1) is 12.3. The Balaban J connectivity index is 2.07. The van der Waals surface area contributed by atoms with E-state index in [1.165, 1.54) is 36.9 Å². The van der Waals surface area contributed by atoms with Gasteiger partial charge in [-0.1, -0.05) is 12.2 Å². The van der Waals surface area contributed by atoms with E-state index in [0.29, 0.717) is 0 Å². The second-order valence-corrected chi connectivity index (χ2v) is 5.85. The molecule has 1 aromatic rings. The Hall–Kier alpha value is -0.740. The van der Waals surface area contributed by atoms with Gasteiger partial charge in [-0.15, -0.1) is 0 Å². The molecule has 4 heteroatoms. The normalized spacial score (nSPS) is 21.8. The maximum atomic E-state index is 5.79. The third kappa shape index (κ3) is 1.91. The lowest BCUT2D eigenvalue weighted by Crippen LogP contribution is -2.28. The van der Waals surface area contributed by atoms with E-state index in [1.54, 1.807) is 7.11 Å². The van der Waals surface area contributed by atoms with Gasteiger partial charge >= 0.3 is 0 Å². The first-order chi connectivity index (χ1) is 8.75. The van der Waals surface area contributed by atoms with Crippen molar-refractivity contribution >= 4 is 12.2 Å². The molecular weight excluding hydrogens is 244 g/mol. The Morgan fingerprint density at radius 3 is 2.61 bits per heavy atom. The van der Waals surface area contributed by atoms with E-state index in [9.17, 15) is 0 Å². The summed E-state index contributed by atoms with van der Waals surface area (Å²) in [5.74, 6) is 0.966. The summed E-state index contributed by atoms with van der Waals surface area (Å²) < 4.78 is 6.58. The number of methoxy groups -OCH3 is 1. The molecule has 0 radical (unpaired) electrons. The van der Waals surface area contributed by atoms with Gasteiger partial charge in [-0.2, -0.15) is 0 Å². The first-order valence-electron chi connectivity index (χ1n) is 6.93. The molecule has 2 aliphatic carbocycles. The van der Waals surface area contributed by atoms with E-state index in [2.05, 4.69) is 9.97 Å². The fourth-order valence-corrected chi connectivity index (χ4v) is 3.64. The summed E-state index contributed by atoms with van der Waals surface area (Å²) in [6, 6.07) is 0. The van der Waals surface area contributed by atoms with Crippen LogP contribution in [0.25, 0.3) is 0 Å². The van der Waals surface area contributed by atoms with Crippen LogP contribution in [0.4, 0.5) is 0 Å². The van der Waals surface area contributed by atoms with Crippen LogP contribution in [-0.4, -0.2) is 17.1 Å². The molecule has 0 aromatic carbocycles. The SMILES string of the molecule is COC1(c2nc(=S)c3c([nH]2)CCCC3)CCCC1. The number of nitrogens with zero attached hydrogens (tertiary/aromatic N) is 1. The highest BCUT2D eigenvalue weighted by molar-refractivity contribution is 7.71. The van der Waals surface area contributed by atoms with Crippen molar-refractivity contribution in [3.8, 4) is 0 Å². The molecule has 18 heavy (non-hydrogen) atoms. The van der Waals surface area contributed by atoms with Crippen molar-refractivity contribution in [1.82, 2.24) is 9.97 Å². The van der Waals surface area contributed by atoms with Crippen LogP contribution in [0.15, 0.2) is 0 Å². The fraction of sp³-hybridized carbons (Fsp3) is 0.714. The maximum absolute atomic E-state index is 5.79. The zero-order chi connectivity index (χ0) is 12.6. The topological polar surface area (TPSA) is 37.9 Å². The predicted octanol–water partition coefficient (Wildman–Crippen LogP) is 3.43. The van der Waals surface area contributed by atoms with Gasteiger partial charge in [-0.3, -0.25) is 0 Å². The summed E-state index contributed by atoms with van der Waals surface area (Å²) in [4.78, 5) is 8.18. The van der Waals surface area contributed by atoms with Gasteiger partial charge in [0.15, 0.2) is 0 Å². The van der Waals surface area contributed by atoms with Crippen molar-refractivity contribution in [3.63, 3.8) is 0 Å². The maximum Gasteiger partial charge on any atom is 0.140 e. The van der Waals surface area contributed by atoms with Gasteiger partial charge in [0.2, 0.25) is 0 Å². The summed E-state index contributed by atoms with van der Waals surface area (Å²) >= 11 is 5.47. The molecule has 1 heterocycles. The number of ether oxygens (including phenoxy) is 1. The third-order valence-corrected chi connectivity index (χ3v) is 4.78. The molecule has 1 saturated carbocycles. The van der Waals surface area contributed by atoms with E-state index in [-0.39, 0.29) is 5.60 Å². The number of nitrogens with one attached hydrogen (secondary N) is 1. The Morgan fingerprint density at radius 2 is 1.89 bits per heavy atom. The lowest BCUT2D eigenvalue weighted by molar-refractivity contribution is -0.0166. The fourth-order valence-electron chi connectivity index (χ4n) is 3.32. The summed E-state index contributed by atoms with van der Waals surface area (Å²) in [6.07, 6.45) is 9.22. The molecule has 0 bridgehead atoms. The molecule has 0 saturated heterocycles. The van der Waals surface area contributed by atoms with Crippen molar-refractivity contribution in [2.75, 3.05) is 7.11 Å². The van der Waals surface area contributed by atoms with Crippen LogP contribution in [0.1, 0.15) is 55.6 Å². The summed E-state index contributed by atoms with van der Waals surface area (Å²) in [5.41, 5.74) is 2.36. The Labute approximate surface area is 113 Å². The molecule has 2 aliphatic rings. The molecule has 3 rings (SSSR count). The van der Waals surface area contributed by atoms with Crippen LogP contribution in [0.5, 0.6) is 0 Å². The van der Waals surface area contributed by atoms with Gasteiger partial charge in [0, 0.05) is 18.4 Å². The predicted molar refractivity (Wildman–Crippen MR) is 73.2 cm³/mol. The van der Waals surface area contributed by atoms with Gasteiger partial charge in [-0.05, 0) is 51.4 Å². The molecule has 0 atom stereocenters. The summed E-state index contributed by atoms with van der Waals surface area (Å²) in [5, 5.41) is 0. The zero-order valence-corrected chi connectivity index (χ0v) is 11.7. The molecule has 1 N–H and O–H groups in total. The van der Waals surface area contributed by atoms with Gasteiger partial charge in [0.1, 0.15) is 16.1 Å². The average molecular weight is 264 g/mol. The number of hydrogen-bond acceptors (Lipinski definition) is 3. The Bertz CT molecular complexity index is 503. The number of rotatable bonds is 2. The van der Waals surface area contributed by atoms with Crippen LogP contribution in [0.2, 0.25) is 0 Å². The highest BCUT2D eigenvalue weighted by Gasteiger charge is 2.38. The smallest absolute Gasteiger partial charge is 0.140 e. The van der Waals surface area contributed by atoms with Crippen LogP contribution >= 0.6 is 12.2 Å². The van der Waals surface area contributed by atoms with Crippen LogP contribution < -0.4 is 0 Å². The lowest BCUT2D eigenvalue weighted by Gasteiger charge is -2.28. The molecule has 1 fully saturated rings. The summed E-state index contributed by atoms with van der Waals surface area (Å²) in [6.45, 7) is 0. The summed E-state index contributed by atoms with van der Waals surface area (Å²) in [7, 11) is 1.79. The third-order valence-electron chi connectivity index (χ3n) is 4.44. The molecule has 98 valence electrons. The Kier molecular flexibility index (Phi) is 3.24. The zero-order valence-electron chi connectivity index (χ0n) is 10.9. The highest BCUT2D eigenvalue weighted by Crippen LogP contribution is 2.40. The van der Waals surface area contributed by atoms with Crippen molar-refractivity contribution in [2.45, 2.75) is 57.0 Å². The largest absolute Gasteiger partial charge is 0.370 e. The molecule has 0 unspecified atom stereocenters. The minimum absolute atomic E-state index is 0.208. The first-order valence-corrected chi connectivity index (χ1v) is 7.34. The van der Waals surface area contributed by atoms with Crippen molar-refractivity contribution in [3.05, 3.63) is 21.7 Å². The van der Waals surface area contributed by atoms with E-state index in [4.69, 9.17) is 17.0 Å². The monoisotopic (exact) mass is 264 g/mol. The lowest BCUT2D eigenvalue weighted by atomic mass is 9.95. The second-order valence-electron chi connectivity index (χ2n) is 5.46. The number of aromatic amines is 1. The number of aryl methyl sites for hydroxylation is 1. The van der Waals surface area contributed by atoms with Crippen molar-refractivity contribution in [1.29, 1.82) is 0 Å². The van der Waals surface area contributed by atoms with E-state index in [1.807, 2.05) is 0 Å². The quantitative estimate of drug-likeness (QED) is 0.832. The van der Waals surface area contributed by atoms with E-state index >= 15 is 0 Å². The second kappa shape index (κ2) is 4.74. The van der Waals surface area contributed by atoms with Gasteiger partial charge in [-0.25, -0.2) is 4.98 Å². The molecular formula is C14H20N2OS. The number of fused-ring (bicyclic) bond motifs is 1. The highest BCUT2D eigenvalue weighted by atomic mass is 32.1. The van der Waals surface area contributed by atoms with Crippen LogP contribution in [0, 0.1) is 4.64 Å². The van der Waals surface area contributed by atoms with Crippen molar-refractivity contribution < 1.29 is 4.74 Å². The molecule has 0 aliphatic heterocycles. The van der Waals surface area contributed by atoms with Gasteiger partial charge in [0.05, 0.1) is 0 Å². The van der Waals surface area contributed by atoms with Crippen LogP contribution in [0.3, 0.4) is 0 Å².